The summed E-state index contributed by atoms with van der Waals surface area (Å²) < 4.78 is 34.2. The Morgan fingerprint density at radius 3 is 1.05 bits per heavy atom. The number of carbonyl (C=O) groups excluding carboxylic acids is 2. The van der Waals surface area contributed by atoms with E-state index in [2.05, 4.69) is 135 Å². The monoisotopic (exact) mass is 1160 g/mol. The van der Waals surface area contributed by atoms with Gasteiger partial charge in [-0.3, -0.25) is 14.2 Å². The standard InChI is InChI=1S/C72H124NO8P/c1-6-8-10-12-14-16-18-20-22-24-25-26-27-28-29-30-31-32-33-34-35-36-37-38-39-40-41-42-43-44-45-46-47-49-51-53-55-57-59-61-63-65-72(75)81-70(69-80-82(76,77)79-67-66-73(3,4)5)68-78-71(74)64-62-60-58-56-54-52-50-48-23-21-19-17-15-13-11-9-7-2/h8,10,14,16,20-23,25-26,28-29,31-32,34-35,37-38,40-41,70H,6-7,9,11-13,15,17-19,24,27,30,33,36,39,42-69H2,1-5H3/b10-8-,16-14-,22-20-,23-21-,26-25-,29-28-,32-31-,35-34-,38-37-,41-40-. The van der Waals surface area contributed by atoms with Crippen molar-refractivity contribution in [2.75, 3.05) is 47.5 Å². The highest BCUT2D eigenvalue weighted by atomic mass is 31.2. The number of nitrogens with zero attached hydrogens (tertiary/aromatic N) is 1. The van der Waals surface area contributed by atoms with Gasteiger partial charge in [0.15, 0.2) is 6.10 Å². The van der Waals surface area contributed by atoms with Crippen LogP contribution in [0.2, 0.25) is 0 Å². The molecule has 0 saturated heterocycles. The molecule has 470 valence electrons. The highest BCUT2D eigenvalue weighted by Gasteiger charge is 2.22. The molecule has 9 nitrogen and oxygen atoms in total. The molecule has 0 amide bonds. The molecule has 0 aliphatic carbocycles. The summed E-state index contributed by atoms with van der Waals surface area (Å²) in [5.41, 5.74) is 0. The van der Waals surface area contributed by atoms with Crippen LogP contribution in [0.25, 0.3) is 0 Å². The van der Waals surface area contributed by atoms with Gasteiger partial charge >= 0.3 is 11.9 Å². The minimum absolute atomic E-state index is 0.0354. The maximum Gasteiger partial charge on any atom is 0.306 e. The molecule has 2 atom stereocenters. The van der Waals surface area contributed by atoms with Crippen molar-refractivity contribution >= 4 is 19.8 Å². The zero-order valence-electron chi connectivity index (χ0n) is 53.4. The molecule has 0 aromatic carbocycles. The lowest BCUT2D eigenvalue weighted by Crippen LogP contribution is -2.37. The number of ether oxygens (including phenoxy) is 2. The molecule has 0 bridgehead atoms. The van der Waals surface area contributed by atoms with Crippen LogP contribution in [-0.4, -0.2) is 70.0 Å². The summed E-state index contributed by atoms with van der Waals surface area (Å²) in [5.74, 6) is -0.839. The SMILES string of the molecule is CC/C=C\C/C=C\C/C=C\C/C=C\C/C=C\C/C=C\C/C=C\C/C=C\C/C=C\CCCCCCCCCCCCCCCC(=O)OC(COC(=O)CCCCCCCCC/C=C\CCCCCCCC)COP(=O)([O-])OCC[N+](C)(C)C. The quantitative estimate of drug-likeness (QED) is 0.0195. The second-order valence-electron chi connectivity index (χ2n) is 23.1. The van der Waals surface area contributed by atoms with Crippen LogP contribution in [0.15, 0.2) is 122 Å². The van der Waals surface area contributed by atoms with Crippen molar-refractivity contribution in [3.63, 3.8) is 0 Å². The Labute approximate surface area is 505 Å². The first-order valence-corrected chi connectivity index (χ1v) is 34.7. The predicted molar refractivity (Wildman–Crippen MR) is 351 cm³/mol. The topological polar surface area (TPSA) is 111 Å². The van der Waals surface area contributed by atoms with Gasteiger partial charge in [0.05, 0.1) is 27.7 Å². The molecular weight excluding hydrogens is 1040 g/mol. The molecule has 0 aromatic rings. The molecule has 0 heterocycles. The van der Waals surface area contributed by atoms with E-state index in [9.17, 15) is 19.0 Å². The number of rotatable bonds is 60. The zero-order valence-corrected chi connectivity index (χ0v) is 54.3. The number of carbonyl (C=O) groups is 2. The summed E-state index contributed by atoms with van der Waals surface area (Å²) in [6, 6.07) is 0. The van der Waals surface area contributed by atoms with Crippen LogP contribution < -0.4 is 4.89 Å². The number of phosphoric ester groups is 1. The van der Waals surface area contributed by atoms with E-state index in [1.807, 2.05) is 21.1 Å². The zero-order chi connectivity index (χ0) is 59.8. The lowest BCUT2D eigenvalue weighted by molar-refractivity contribution is -0.870. The summed E-state index contributed by atoms with van der Waals surface area (Å²) >= 11 is 0. The van der Waals surface area contributed by atoms with Gasteiger partial charge in [-0.15, -0.1) is 0 Å². The van der Waals surface area contributed by atoms with Crippen LogP contribution in [-0.2, 0) is 32.7 Å². The Kier molecular flexibility index (Phi) is 59.2. The Balaban J connectivity index is 4.04. The van der Waals surface area contributed by atoms with E-state index in [1.165, 1.54) is 128 Å². The maximum atomic E-state index is 12.8. The predicted octanol–water partition coefficient (Wildman–Crippen LogP) is 20.9. The van der Waals surface area contributed by atoms with E-state index >= 15 is 0 Å². The van der Waals surface area contributed by atoms with Crippen LogP contribution in [0, 0.1) is 0 Å². The third-order valence-corrected chi connectivity index (χ3v) is 14.9. The third kappa shape index (κ3) is 65.6. The van der Waals surface area contributed by atoms with E-state index in [-0.39, 0.29) is 32.0 Å². The van der Waals surface area contributed by atoms with Crippen LogP contribution in [0.5, 0.6) is 0 Å². The van der Waals surface area contributed by atoms with Gasteiger partial charge in [0, 0.05) is 12.8 Å². The molecule has 0 spiro atoms. The minimum Gasteiger partial charge on any atom is -0.756 e. The molecule has 0 N–H and O–H groups in total. The molecule has 0 saturated carbocycles. The van der Waals surface area contributed by atoms with Crippen molar-refractivity contribution in [2.24, 2.45) is 0 Å². The molecule has 0 aromatic heterocycles. The van der Waals surface area contributed by atoms with Crippen LogP contribution >= 0.6 is 7.82 Å². The van der Waals surface area contributed by atoms with Crippen molar-refractivity contribution in [3.05, 3.63) is 122 Å². The van der Waals surface area contributed by atoms with Crippen LogP contribution in [0.1, 0.15) is 271 Å². The van der Waals surface area contributed by atoms with Gasteiger partial charge in [0.1, 0.15) is 19.8 Å². The Bertz CT molecular complexity index is 1800. The van der Waals surface area contributed by atoms with E-state index in [0.29, 0.717) is 17.4 Å². The van der Waals surface area contributed by atoms with Gasteiger partial charge in [0.25, 0.3) is 7.82 Å². The number of quaternary nitrogens is 1. The normalized spacial score (nSPS) is 14.0. The number of hydrogen-bond acceptors (Lipinski definition) is 8. The van der Waals surface area contributed by atoms with Crippen molar-refractivity contribution in [1.29, 1.82) is 0 Å². The second-order valence-corrected chi connectivity index (χ2v) is 24.5. The minimum atomic E-state index is -4.64. The van der Waals surface area contributed by atoms with Gasteiger partial charge in [-0.25, -0.2) is 0 Å². The third-order valence-electron chi connectivity index (χ3n) is 14.0. The summed E-state index contributed by atoms with van der Waals surface area (Å²) in [4.78, 5) is 37.9. The molecule has 0 aliphatic rings. The van der Waals surface area contributed by atoms with Crippen molar-refractivity contribution in [2.45, 2.75) is 277 Å². The smallest absolute Gasteiger partial charge is 0.306 e. The van der Waals surface area contributed by atoms with Gasteiger partial charge in [-0.05, 0) is 109 Å². The summed E-state index contributed by atoms with van der Waals surface area (Å²) in [5, 5.41) is 0. The summed E-state index contributed by atoms with van der Waals surface area (Å²) in [6.07, 6.45) is 88.4. The molecule has 0 radical (unpaired) electrons. The summed E-state index contributed by atoms with van der Waals surface area (Å²) in [6.45, 7) is 4.12. The van der Waals surface area contributed by atoms with Gasteiger partial charge in [0.2, 0.25) is 0 Å². The number of hydrogen-bond donors (Lipinski definition) is 0. The summed E-state index contributed by atoms with van der Waals surface area (Å²) in [7, 11) is 1.16. The molecule has 2 unspecified atom stereocenters. The Morgan fingerprint density at radius 1 is 0.390 bits per heavy atom. The molecule has 10 heteroatoms. The fourth-order valence-corrected chi connectivity index (χ4v) is 9.61. The molecule has 0 rings (SSSR count). The van der Waals surface area contributed by atoms with Gasteiger partial charge in [-0.2, -0.15) is 0 Å². The Hall–Kier alpha value is -3.59. The van der Waals surface area contributed by atoms with Crippen LogP contribution in [0.4, 0.5) is 0 Å². The number of allylic oxidation sites excluding steroid dienone is 20. The van der Waals surface area contributed by atoms with Crippen molar-refractivity contribution in [3.8, 4) is 0 Å². The average molecular weight is 1160 g/mol. The fourth-order valence-electron chi connectivity index (χ4n) is 8.88. The lowest BCUT2D eigenvalue weighted by Gasteiger charge is -2.28. The van der Waals surface area contributed by atoms with Crippen molar-refractivity contribution in [1.82, 2.24) is 0 Å². The average Bonchev–Trinajstić information content (AvgIpc) is 3.45. The van der Waals surface area contributed by atoms with Crippen LogP contribution in [0.3, 0.4) is 0 Å². The molecule has 0 fully saturated rings. The maximum absolute atomic E-state index is 12.8. The second kappa shape index (κ2) is 62.0. The van der Waals surface area contributed by atoms with E-state index < -0.39 is 26.5 Å². The number of likely N-dealkylation sites (N-methyl/N-ethyl adjacent to an activating group) is 1. The highest BCUT2D eigenvalue weighted by Crippen LogP contribution is 2.38. The number of phosphoric acid groups is 1. The highest BCUT2D eigenvalue weighted by molar-refractivity contribution is 7.45. The van der Waals surface area contributed by atoms with E-state index in [0.717, 1.165) is 109 Å². The Morgan fingerprint density at radius 2 is 0.695 bits per heavy atom. The molecule has 82 heavy (non-hydrogen) atoms. The number of unbranched alkanes of at least 4 members (excludes halogenated alkanes) is 26. The fraction of sp³-hybridized carbons (Fsp3) is 0.694. The van der Waals surface area contributed by atoms with Gasteiger partial charge < -0.3 is 27.9 Å². The van der Waals surface area contributed by atoms with E-state index in [1.54, 1.807) is 0 Å². The van der Waals surface area contributed by atoms with Crippen molar-refractivity contribution < 1.29 is 42.1 Å². The first kappa shape index (κ1) is 78.4. The first-order valence-electron chi connectivity index (χ1n) is 33.2. The molecular formula is C72H124NO8P. The largest absolute Gasteiger partial charge is 0.756 e. The molecule has 0 aliphatic heterocycles. The van der Waals surface area contributed by atoms with E-state index in [4.69, 9.17) is 18.5 Å². The van der Waals surface area contributed by atoms with Gasteiger partial charge in [-0.1, -0.05) is 270 Å². The first-order chi connectivity index (χ1) is 40.0. The number of esters is 2. The lowest BCUT2D eigenvalue weighted by atomic mass is 10.0.